The van der Waals surface area contributed by atoms with Crippen molar-refractivity contribution >= 4 is 17.5 Å². The van der Waals surface area contributed by atoms with Crippen molar-refractivity contribution in [3.05, 3.63) is 59.5 Å². The zero-order valence-electron chi connectivity index (χ0n) is 11.7. The van der Waals surface area contributed by atoms with Crippen molar-refractivity contribution in [2.75, 3.05) is 6.54 Å². The first kappa shape index (κ1) is 14.3. The van der Waals surface area contributed by atoms with Crippen LogP contribution < -0.4 is 5.32 Å². The molecule has 0 aliphatic rings. The molecule has 3 aromatic rings. The number of aromatic nitrogens is 4. The van der Waals surface area contributed by atoms with Gasteiger partial charge in [0.05, 0.1) is 35.2 Å². The van der Waals surface area contributed by atoms with Gasteiger partial charge >= 0.3 is 0 Å². The summed E-state index contributed by atoms with van der Waals surface area (Å²) in [5.41, 5.74) is 2.15. The topological polar surface area (TPSA) is 75.6 Å². The summed E-state index contributed by atoms with van der Waals surface area (Å²) in [6.45, 7) is 1.01. The molecule has 22 heavy (non-hydrogen) atoms. The molecule has 0 saturated carbocycles. The fraction of sp³-hybridized carbons (Fsp3) is 0.133. The van der Waals surface area contributed by atoms with E-state index in [-0.39, 0.29) is 5.91 Å². The van der Waals surface area contributed by atoms with Gasteiger partial charge in [-0.1, -0.05) is 41.9 Å². The lowest BCUT2D eigenvalue weighted by Crippen LogP contribution is -2.27. The van der Waals surface area contributed by atoms with Gasteiger partial charge in [-0.3, -0.25) is 14.6 Å². The fourth-order valence-electron chi connectivity index (χ4n) is 2.12. The monoisotopic (exact) mass is 315 g/mol. The van der Waals surface area contributed by atoms with Gasteiger partial charge in [-0.25, -0.2) is 0 Å². The smallest absolute Gasteiger partial charge is 0.255 e. The molecule has 2 N–H and O–H groups in total. The minimum Gasteiger partial charge on any atom is -0.350 e. The SMILES string of the molecule is O=C(NCCn1cc(Cl)cn1)c1cn[nH]c1-c1ccccc1. The standard InChI is InChI=1S/C15H14ClN5O/c16-12-8-19-21(10-12)7-6-17-15(22)13-9-18-20-14(13)11-4-2-1-3-5-11/h1-5,8-10H,6-7H2,(H,17,22)(H,18,20). The van der Waals surface area contributed by atoms with Crippen LogP contribution in [0.1, 0.15) is 10.4 Å². The lowest BCUT2D eigenvalue weighted by Gasteiger charge is -2.06. The van der Waals surface area contributed by atoms with Crippen LogP contribution >= 0.6 is 11.6 Å². The van der Waals surface area contributed by atoms with E-state index in [2.05, 4.69) is 20.6 Å². The second-order valence-corrected chi connectivity index (χ2v) is 5.14. The van der Waals surface area contributed by atoms with Crippen LogP contribution in [0.25, 0.3) is 11.3 Å². The van der Waals surface area contributed by atoms with E-state index in [4.69, 9.17) is 11.6 Å². The molecule has 6 nitrogen and oxygen atoms in total. The maximum absolute atomic E-state index is 12.3. The van der Waals surface area contributed by atoms with Gasteiger partial charge in [-0.05, 0) is 0 Å². The molecule has 0 spiro atoms. The van der Waals surface area contributed by atoms with E-state index in [1.165, 1.54) is 6.20 Å². The normalized spacial score (nSPS) is 10.6. The highest BCUT2D eigenvalue weighted by Crippen LogP contribution is 2.20. The van der Waals surface area contributed by atoms with Crippen molar-refractivity contribution in [1.29, 1.82) is 0 Å². The lowest BCUT2D eigenvalue weighted by atomic mass is 10.1. The number of amides is 1. The molecule has 0 aliphatic carbocycles. The Balaban J connectivity index is 1.65. The highest BCUT2D eigenvalue weighted by atomic mass is 35.5. The third-order valence-electron chi connectivity index (χ3n) is 3.17. The average Bonchev–Trinajstić information content (AvgIpc) is 3.17. The Labute approximate surface area is 132 Å². The quantitative estimate of drug-likeness (QED) is 0.759. The number of aromatic amines is 1. The second-order valence-electron chi connectivity index (χ2n) is 4.70. The van der Waals surface area contributed by atoms with E-state index in [9.17, 15) is 4.79 Å². The predicted molar refractivity (Wildman–Crippen MR) is 83.6 cm³/mol. The summed E-state index contributed by atoms with van der Waals surface area (Å²) >= 11 is 5.79. The van der Waals surface area contributed by atoms with Gasteiger partial charge in [0.15, 0.2) is 0 Å². The van der Waals surface area contributed by atoms with Crippen molar-refractivity contribution in [3.63, 3.8) is 0 Å². The van der Waals surface area contributed by atoms with Gasteiger partial charge in [0.1, 0.15) is 0 Å². The zero-order valence-corrected chi connectivity index (χ0v) is 12.4. The molecule has 0 saturated heterocycles. The van der Waals surface area contributed by atoms with E-state index in [0.29, 0.717) is 29.4 Å². The summed E-state index contributed by atoms with van der Waals surface area (Å²) in [6, 6.07) is 9.61. The first-order valence-electron chi connectivity index (χ1n) is 6.79. The highest BCUT2D eigenvalue weighted by Gasteiger charge is 2.14. The van der Waals surface area contributed by atoms with Crippen LogP contribution in [0.3, 0.4) is 0 Å². The van der Waals surface area contributed by atoms with E-state index in [1.807, 2.05) is 30.3 Å². The van der Waals surface area contributed by atoms with Gasteiger partial charge in [0, 0.05) is 18.3 Å². The summed E-state index contributed by atoms with van der Waals surface area (Å²) in [4.78, 5) is 12.3. The number of H-pyrrole nitrogens is 1. The van der Waals surface area contributed by atoms with Gasteiger partial charge in [-0.2, -0.15) is 10.2 Å². The molecule has 2 heterocycles. The Morgan fingerprint density at radius 3 is 2.82 bits per heavy atom. The molecule has 1 amide bonds. The molecule has 0 bridgehead atoms. The maximum Gasteiger partial charge on any atom is 0.255 e. The number of carbonyl (C=O) groups excluding carboxylic acids is 1. The second kappa shape index (κ2) is 6.44. The van der Waals surface area contributed by atoms with Gasteiger partial charge in [0.2, 0.25) is 0 Å². The maximum atomic E-state index is 12.3. The summed E-state index contributed by atoms with van der Waals surface area (Å²) in [5.74, 6) is -0.175. The molecule has 112 valence electrons. The van der Waals surface area contributed by atoms with Crippen molar-refractivity contribution in [1.82, 2.24) is 25.3 Å². The van der Waals surface area contributed by atoms with E-state index in [0.717, 1.165) is 5.56 Å². The van der Waals surface area contributed by atoms with Gasteiger partial charge in [-0.15, -0.1) is 0 Å². The Morgan fingerprint density at radius 1 is 1.27 bits per heavy atom. The summed E-state index contributed by atoms with van der Waals surface area (Å²) in [7, 11) is 0. The van der Waals surface area contributed by atoms with Crippen LogP contribution in [0.15, 0.2) is 48.9 Å². The van der Waals surface area contributed by atoms with Crippen LogP contribution in [0.4, 0.5) is 0 Å². The van der Waals surface area contributed by atoms with E-state index < -0.39 is 0 Å². The average molecular weight is 316 g/mol. The number of hydrogen-bond acceptors (Lipinski definition) is 3. The Kier molecular flexibility index (Phi) is 4.20. The Morgan fingerprint density at radius 2 is 2.09 bits per heavy atom. The van der Waals surface area contributed by atoms with E-state index in [1.54, 1.807) is 17.1 Å². The molecule has 0 unspecified atom stereocenters. The number of benzene rings is 1. The molecule has 0 radical (unpaired) electrons. The third kappa shape index (κ3) is 3.17. The van der Waals surface area contributed by atoms with Gasteiger partial charge < -0.3 is 5.32 Å². The molecule has 3 rings (SSSR count). The van der Waals surface area contributed by atoms with Crippen LogP contribution in [0.2, 0.25) is 5.02 Å². The predicted octanol–water partition coefficient (Wildman–Crippen LogP) is 2.36. The minimum atomic E-state index is -0.175. The fourth-order valence-corrected chi connectivity index (χ4v) is 2.28. The van der Waals surface area contributed by atoms with Crippen LogP contribution in [0.5, 0.6) is 0 Å². The zero-order chi connectivity index (χ0) is 15.4. The number of nitrogens with zero attached hydrogens (tertiary/aromatic N) is 3. The first-order chi connectivity index (χ1) is 10.7. The summed E-state index contributed by atoms with van der Waals surface area (Å²) in [6.07, 6.45) is 4.80. The number of halogens is 1. The van der Waals surface area contributed by atoms with Crippen molar-refractivity contribution in [3.8, 4) is 11.3 Å². The van der Waals surface area contributed by atoms with Crippen LogP contribution in [0, 0.1) is 0 Å². The van der Waals surface area contributed by atoms with Crippen LogP contribution in [-0.4, -0.2) is 32.4 Å². The number of rotatable bonds is 5. The molecule has 0 aliphatic heterocycles. The molecule has 0 atom stereocenters. The molecular weight excluding hydrogens is 302 g/mol. The summed E-state index contributed by atoms with van der Waals surface area (Å²) in [5, 5.41) is 14.3. The third-order valence-corrected chi connectivity index (χ3v) is 3.37. The highest BCUT2D eigenvalue weighted by molar-refractivity contribution is 6.30. The molecule has 0 fully saturated rings. The Hall–Kier alpha value is -2.60. The summed E-state index contributed by atoms with van der Waals surface area (Å²) < 4.78 is 1.68. The Bertz CT molecular complexity index is 765. The van der Waals surface area contributed by atoms with E-state index >= 15 is 0 Å². The molecular formula is C15H14ClN5O. The largest absolute Gasteiger partial charge is 0.350 e. The number of nitrogens with one attached hydrogen (secondary N) is 2. The molecule has 7 heteroatoms. The van der Waals surface area contributed by atoms with Crippen molar-refractivity contribution in [2.24, 2.45) is 0 Å². The number of hydrogen-bond donors (Lipinski definition) is 2. The first-order valence-corrected chi connectivity index (χ1v) is 7.17. The van der Waals surface area contributed by atoms with Crippen molar-refractivity contribution in [2.45, 2.75) is 6.54 Å². The van der Waals surface area contributed by atoms with Gasteiger partial charge in [0.25, 0.3) is 5.91 Å². The molecule has 2 aromatic heterocycles. The molecule has 1 aromatic carbocycles. The minimum absolute atomic E-state index is 0.175. The van der Waals surface area contributed by atoms with Crippen LogP contribution in [-0.2, 0) is 6.54 Å². The lowest BCUT2D eigenvalue weighted by molar-refractivity contribution is 0.0952. The number of carbonyl (C=O) groups is 1. The van der Waals surface area contributed by atoms with Crippen molar-refractivity contribution < 1.29 is 4.79 Å².